The lowest BCUT2D eigenvalue weighted by Gasteiger charge is -2.04. The minimum absolute atomic E-state index is 0.143. The Balaban J connectivity index is 1.54. The maximum Gasteiger partial charge on any atom is 0.293 e. The molecular formula is C21H17ClN2O4S2. The van der Waals surface area contributed by atoms with Gasteiger partial charge in [0.1, 0.15) is 11.5 Å². The number of nitrogens with zero attached hydrogens (tertiary/aromatic N) is 2. The third kappa shape index (κ3) is 4.30. The second-order valence-electron chi connectivity index (χ2n) is 6.59. The van der Waals surface area contributed by atoms with Crippen LogP contribution in [-0.4, -0.2) is 24.8 Å². The van der Waals surface area contributed by atoms with Gasteiger partial charge < -0.3 is 8.94 Å². The van der Waals surface area contributed by atoms with Gasteiger partial charge in [-0.3, -0.25) is 0 Å². The molecule has 154 valence electrons. The summed E-state index contributed by atoms with van der Waals surface area (Å²) in [6.45, 7) is 1.81. The molecule has 0 saturated carbocycles. The van der Waals surface area contributed by atoms with Crippen LogP contribution in [0.2, 0.25) is 5.02 Å². The third-order valence-corrected chi connectivity index (χ3v) is 7.27. The van der Waals surface area contributed by atoms with Crippen molar-refractivity contribution in [1.29, 1.82) is 0 Å². The van der Waals surface area contributed by atoms with Crippen LogP contribution in [0.5, 0.6) is 0 Å². The number of halogens is 1. The first-order chi connectivity index (χ1) is 14.4. The van der Waals surface area contributed by atoms with Crippen molar-refractivity contribution in [2.45, 2.75) is 22.5 Å². The molecule has 0 radical (unpaired) electrons. The molecule has 0 aliphatic rings. The summed E-state index contributed by atoms with van der Waals surface area (Å²) in [5.74, 6) is 0.884. The van der Waals surface area contributed by atoms with Crippen LogP contribution in [0.1, 0.15) is 11.3 Å². The van der Waals surface area contributed by atoms with Gasteiger partial charge in [0.05, 0.1) is 4.90 Å². The van der Waals surface area contributed by atoms with E-state index in [4.69, 9.17) is 20.5 Å². The smallest absolute Gasteiger partial charge is 0.293 e. The SMILES string of the molecule is CSc1ccc(-c2noc(-c3ccc(CS(=O)(=O)c4ccc(C)c(Cl)c4)o3)n2)cc1. The Morgan fingerprint density at radius 3 is 2.53 bits per heavy atom. The van der Waals surface area contributed by atoms with Crippen LogP contribution in [0, 0.1) is 6.92 Å². The van der Waals surface area contributed by atoms with Gasteiger partial charge >= 0.3 is 0 Å². The van der Waals surface area contributed by atoms with Gasteiger partial charge in [0.25, 0.3) is 5.89 Å². The van der Waals surface area contributed by atoms with Crippen molar-refractivity contribution in [2.75, 3.05) is 6.26 Å². The van der Waals surface area contributed by atoms with Gasteiger partial charge in [-0.1, -0.05) is 22.8 Å². The first kappa shape index (κ1) is 20.7. The minimum Gasteiger partial charge on any atom is -0.455 e. The number of sulfone groups is 1. The number of benzene rings is 2. The van der Waals surface area contributed by atoms with Gasteiger partial charge in [0, 0.05) is 15.5 Å². The number of furan rings is 1. The van der Waals surface area contributed by atoms with Crippen LogP contribution in [-0.2, 0) is 15.6 Å². The molecule has 2 heterocycles. The first-order valence-corrected chi connectivity index (χ1v) is 12.2. The summed E-state index contributed by atoms with van der Waals surface area (Å²) < 4.78 is 36.3. The highest BCUT2D eigenvalue weighted by molar-refractivity contribution is 7.98. The van der Waals surface area contributed by atoms with E-state index in [1.807, 2.05) is 37.4 Å². The number of thioether (sulfide) groups is 1. The summed E-state index contributed by atoms with van der Waals surface area (Å²) >= 11 is 7.71. The average molecular weight is 461 g/mol. The topological polar surface area (TPSA) is 86.2 Å². The fourth-order valence-corrected chi connectivity index (χ4v) is 4.71. The molecule has 0 bridgehead atoms. The van der Waals surface area contributed by atoms with E-state index < -0.39 is 9.84 Å². The molecule has 0 aliphatic heterocycles. The molecule has 4 rings (SSSR count). The summed E-state index contributed by atoms with van der Waals surface area (Å²) in [5, 5.41) is 4.38. The number of hydrogen-bond acceptors (Lipinski definition) is 7. The number of hydrogen-bond donors (Lipinski definition) is 0. The Bertz CT molecular complexity index is 1290. The highest BCUT2D eigenvalue weighted by Crippen LogP contribution is 2.28. The Kier molecular flexibility index (Phi) is 5.73. The maximum atomic E-state index is 12.7. The summed E-state index contributed by atoms with van der Waals surface area (Å²) in [7, 11) is -3.61. The lowest BCUT2D eigenvalue weighted by Crippen LogP contribution is -2.04. The molecule has 0 saturated heterocycles. The third-order valence-electron chi connectivity index (χ3n) is 4.48. The summed E-state index contributed by atoms with van der Waals surface area (Å²) in [6, 6.07) is 15.6. The first-order valence-electron chi connectivity index (χ1n) is 8.92. The lowest BCUT2D eigenvalue weighted by atomic mass is 10.2. The van der Waals surface area contributed by atoms with E-state index >= 15 is 0 Å². The molecule has 0 aliphatic carbocycles. The van der Waals surface area contributed by atoms with Gasteiger partial charge in [0.15, 0.2) is 15.6 Å². The minimum atomic E-state index is -3.61. The van der Waals surface area contributed by atoms with Gasteiger partial charge in [-0.2, -0.15) is 4.98 Å². The van der Waals surface area contributed by atoms with Gasteiger partial charge in [-0.05, 0) is 67.3 Å². The predicted octanol–water partition coefficient (Wildman–Crippen LogP) is 5.65. The Hall–Kier alpha value is -2.55. The molecule has 0 fully saturated rings. The van der Waals surface area contributed by atoms with Gasteiger partial charge in [-0.25, -0.2) is 8.42 Å². The van der Waals surface area contributed by atoms with Crippen LogP contribution >= 0.6 is 23.4 Å². The standard InChI is InChI=1S/C21H17ClN2O4S2/c1-13-3-9-17(11-18(13)22)30(25,26)12-15-6-10-19(27-15)21-23-20(24-28-21)14-4-7-16(29-2)8-5-14/h3-11H,12H2,1-2H3. The highest BCUT2D eigenvalue weighted by atomic mass is 35.5. The van der Waals surface area contributed by atoms with Gasteiger partial charge in [0.2, 0.25) is 5.82 Å². The fraction of sp³-hybridized carbons (Fsp3) is 0.143. The molecule has 4 aromatic rings. The molecule has 0 spiro atoms. The van der Waals surface area contributed by atoms with Crippen molar-refractivity contribution in [3.8, 4) is 23.0 Å². The van der Waals surface area contributed by atoms with Crippen LogP contribution in [0.4, 0.5) is 0 Å². The van der Waals surface area contributed by atoms with Crippen LogP contribution < -0.4 is 0 Å². The molecule has 2 aromatic carbocycles. The van der Waals surface area contributed by atoms with Crippen molar-refractivity contribution in [1.82, 2.24) is 10.1 Å². The van der Waals surface area contributed by atoms with E-state index in [0.29, 0.717) is 16.6 Å². The van der Waals surface area contributed by atoms with Crippen molar-refractivity contribution in [3.05, 3.63) is 70.9 Å². The number of rotatable bonds is 6. The largest absolute Gasteiger partial charge is 0.455 e. The zero-order valence-electron chi connectivity index (χ0n) is 16.1. The Morgan fingerprint density at radius 1 is 1.07 bits per heavy atom. The summed E-state index contributed by atoms with van der Waals surface area (Å²) in [5.41, 5.74) is 1.62. The molecular weight excluding hydrogens is 444 g/mol. The van der Waals surface area contributed by atoms with Crippen molar-refractivity contribution >= 4 is 33.2 Å². The highest BCUT2D eigenvalue weighted by Gasteiger charge is 2.20. The molecule has 2 aromatic heterocycles. The van der Waals surface area contributed by atoms with E-state index in [-0.39, 0.29) is 22.3 Å². The molecule has 0 unspecified atom stereocenters. The molecule has 30 heavy (non-hydrogen) atoms. The second-order valence-corrected chi connectivity index (χ2v) is 9.86. The summed E-state index contributed by atoms with van der Waals surface area (Å²) in [6.07, 6.45) is 2.00. The van der Waals surface area contributed by atoms with E-state index in [1.165, 1.54) is 12.1 Å². The monoisotopic (exact) mass is 460 g/mol. The van der Waals surface area contributed by atoms with E-state index in [2.05, 4.69) is 10.1 Å². The van der Waals surface area contributed by atoms with Crippen LogP contribution in [0.3, 0.4) is 0 Å². The summed E-state index contributed by atoms with van der Waals surface area (Å²) in [4.78, 5) is 5.63. The Morgan fingerprint density at radius 2 is 1.83 bits per heavy atom. The lowest BCUT2D eigenvalue weighted by molar-refractivity contribution is 0.413. The maximum absolute atomic E-state index is 12.7. The van der Waals surface area contributed by atoms with Crippen molar-refractivity contribution in [3.63, 3.8) is 0 Å². The van der Waals surface area contributed by atoms with Gasteiger partial charge in [-0.15, -0.1) is 11.8 Å². The molecule has 0 atom stereocenters. The number of aromatic nitrogens is 2. The number of aryl methyl sites for hydroxylation is 1. The van der Waals surface area contributed by atoms with Crippen LogP contribution in [0.15, 0.2) is 73.3 Å². The molecule has 0 N–H and O–H groups in total. The fourth-order valence-electron chi connectivity index (χ4n) is 2.79. The van der Waals surface area contributed by atoms with Crippen molar-refractivity contribution < 1.29 is 17.4 Å². The average Bonchev–Trinajstić information content (AvgIpc) is 3.39. The van der Waals surface area contributed by atoms with E-state index in [0.717, 1.165) is 16.0 Å². The van der Waals surface area contributed by atoms with Crippen LogP contribution in [0.25, 0.3) is 23.0 Å². The quantitative estimate of drug-likeness (QED) is 0.343. The predicted molar refractivity (Wildman–Crippen MR) is 116 cm³/mol. The zero-order chi connectivity index (χ0) is 21.3. The normalized spacial score (nSPS) is 11.7. The van der Waals surface area contributed by atoms with E-state index in [1.54, 1.807) is 30.0 Å². The molecule has 9 heteroatoms. The van der Waals surface area contributed by atoms with Crippen molar-refractivity contribution in [2.24, 2.45) is 0 Å². The Labute approximate surface area is 183 Å². The second kappa shape index (κ2) is 8.29. The molecule has 6 nitrogen and oxygen atoms in total. The van der Waals surface area contributed by atoms with E-state index in [9.17, 15) is 8.42 Å². The molecule has 0 amide bonds. The zero-order valence-corrected chi connectivity index (χ0v) is 18.5.